The number of aliphatic carboxylic acids is 1. The van der Waals surface area contributed by atoms with E-state index in [1.807, 2.05) is 0 Å². The fraction of sp³-hybridized carbons (Fsp3) is 0.389. The largest absolute Gasteiger partial charge is 0.480 e. The number of carbonyl (C=O) groups excluding carboxylic acids is 4. The number of carbonyl (C=O) groups is 5. The monoisotopic (exact) mass is 359 g/mol. The first-order valence-electron chi connectivity index (χ1n) is 8.21. The van der Waals surface area contributed by atoms with Crippen molar-refractivity contribution in [2.24, 2.45) is 5.92 Å². The van der Waals surface area contributed by atoms with E-state index in [0.29, 0.717) is 0 Å². The lowest BCUT2D eigenvalue weighted by Gasteiger charge is -2.57. The summed E-state index contributed by atoms with van der Waals surface area (Å²) in [5.41, 5.74) is -1.36. The summed E-state index contributed by atoms with van der Waals surface area (Å²) < 4.78 is 4.86. The van der Waals surface area contributed by atoms with Crippen molar-refractivity contribution in [3.8, 4) is 0 Å². The summed E-state index contributed by atoms with van der Waals surface area (Å²) in [6.45, 7) is 1.08. The van der Waals surface area contributed by atoms with Crippen LogP contribution in [0.1, 0.15) is 40.5 Å². The molecule has 1 N–H and O–H groups in total. The summed E-state index contributed by atoms with van der Waals surface area (Å²) >= 11 is 0. The predicted molar refractivity (Wildman–Crippen MR) is 86.5 cm³/mol. The fourth-order valence-corrected chi connectivity index (χ4v) is 3.79. The topological polar surface area (TPSA) is 118 Å². The number of ketones is 2. The van der Waals surface area contributed by atoms with E-state index in [9.17, 15) is 24.0 Å². The molecule has 8 heteroatoms. The Kier molecular flexibility index (Phi) is 4.35. The van der Waals surface area contributed by atoms with E-state index in [0.717, 1.165) is 4.90 Å². The molecule has 1 fully saturated rings. The minimum Gasteiger partial charge on any atom is -0.480 e. The van der Waals surface area contributed by atoms with Gasteiger partial charge in [-0.1, -0.05) is 24.3 Å². The first-order chi connectivity index (χ1) is 12.3. The number of esters is 1. The van der Waals surface area contributed by atoms with Gasteiger partial charge >= 0.3 is 11.9 Å². The van der Waals surface area contributed by atoms with Crippen LogP contribution in [0.15, 0.2) is 24.3 Å². The molecule has 0 aromatic heterocycles. The number of carboxylic acid groups (broad SMARTS) is 1. The lowest BCUT2D eigenvalue weighted by atomic mass is 9.59. The van der Waals surface area contributed by atoms with Crippen molar-refractivity contribution in [3.05, 3.63) is 35.4 Å². The van der Waals surface area contributed by atoms with Crippen molar-refractivity contribution < 1.29 is 33.8 Å². The molecular formula is C18H17NO7. The van der Waals surface area contributed by atoms with E-state index in [4.69, 9.17) is 9.84 Å². The predicted octanol–water partition coefficient (Wildman–Crippen LogP) is 0.691. The van der Waals surface area contributed by atoms with Gasteiger partial charge < -0.3 is 14.7 Å². The molecule has 1 amide bonds. The standard InChI is InChI=1S/C18H17NO7/c1-2-26-13(22)7-8-18-14(17(25)19(18)9-12(20)21)15(23)10-5-3-4-6-11(10)16(18)24/h3-6,14H,2,7-9H2,1H3,(H,20,21)/t14-,18+/m1/s1. The van der Waals surface area contributed by atoms with Gasteiger partial charge in [0.2, 0.25) is 5.91 Å². The van der Waals surface area contributed by atoms with Crippen LogP contribution in [-0.4, -0.2) is 58.1 Å². The molecule has 1 heterocycles. The second-order valence-electron chi connectivity index (χ2n) is 6.22. The van der Waals surface area contributed by atoms with Crippen LogP contribution in [0, 0.1) is 5.92 Å². The molecule has 1 aromatic rings. The van der Waals surface area contributed by atoms with Gasteiger partial charge in [0.25, 0.3) is 0 Å². The smallest absolute Gasteiger partial charge is 0.323 e. The Bertz CT molecular complexity index is 831. The van der Waals surface area contributed by atoms with E-state index >= 15 is 0 Å². The van der Waals surface area contributed by atoms with Crippen LogP contribution in [-0.2, 0) is 19.1 Å². The third kappa shape index (κ3) is 2.40. The molecule has 2 aliphatic rings. The average molecular weight is 359 g/mol. The first-order valence-corrected chi connectivity index (χ1v) is 8.21. The minimum absolute atomic E-state index is 0.139. The van der Waals surface area contributed by atoms with Crippen molar-refractivity contribution in [2.45, 2.75) is 25.3 Å². The lowest BCUT2D eigenvalue weighted by Crippen LogP contribution is -2.78. The highest BCUT2D eigenvalue weighted by molar-refractivity contribution is 6.30. The van der Waals surface area contributed by atoms with Crippen LogP contribution < -0.4 is 0 Å². The van der Waals surface area contributed by atoms with Gasteiger partial charge in [-0.05, 0) is 13.3 Å². The molecule has 26 heavy (non-hydrogen) atoms. The minimum atomic E-state index is -1.65. The molecule has 1 saturated heterocycles. The van der Waals surface area contributed by atoms with Gasteiger partial charge in [-0.3, -0.25) is 24.0 Å². The molecule has 3 rings (SSSR count). The number of β-lactam (4-membered cyclic amide) rings is 1. The third-order valence-corrected chi connectivity index (χ3v) is 4.87. The molecule has 0 saturated carbocycles. The number of amides is 1. The number of nitrogens with zero attached hydrogens (tertiary/aromatic N) is 1. The molecule has 0 bridgehead atoms. The number of rotatable bonds is 6. The van der Waals surface area contributed by atoms with Gasteiger partial charge in [0.15, 0.2) is 11.6 Å². The highest BCUT2D eigenvalue weighted by Gasteiger charge is 2.69. The number of ether oxygens (including phenoxy) is 1. The van der Waals surface area contributed by atoms with E-state index in [1.165, 1.54) is 12.1 Å². The maximum atomic E-state index is 13.2. The maximum Gasteiger partial charge on any atom is 0.323 e. The molecule has 2 atom stereocenters. The van der Waals surface area contributed by atoms with Crippen LogP contribution in [0.2, 0.25) is 0 Å². The van der Waals surface area contributed by atoms with Gasteiger partial charge in [-0.2, -0.15) is 0 Å². The van der Waals surface area contributed by atoms with Crippen LogP contribution in [0.4, 0.5) is 0 Å². The van der Waals surface area contributed by atoms with Crippen molar-refractivity contribution in [2.75, 3.05) is 13.2 Å². The molecule has 1 aliphatic carbocycles. The Hall–Kier alpha value is -3.03. The van der Waals surface area contributed by atoms with E-state index in [-0.39, 0.29) is 30.6 Å². The van der Waals surface area contributed by atoms with Crippen molar-refractivity contribution in [1.29, 1.82) is 0 Å². The Labute approximate surface area is 148 Å². The van der Waals surface area contributed by atoms with Crippen LogP contribution in [0.3, 0.4) is 0 Å². The number of likely N-dealkylation sites (tertiary alicyclic amines) is 1. The highest BCUT2D eigenvalue weighted by atomic mass is 16.5. The van der Waals surface area contributed by atoms with Gasteiger partial charge in [-0.15, -0.1) is 0 Å². The number of hydrogen-bond donors (Lipinski definition) is 1. The summed E-state index contributed by atoms with van der Waals surface area (Å²) in [5.74, 6) is -4.90. The lowest BCUT2D eigenvalue weighted by molar-refractivity contribution is -0.169. The molecule has 0 spiro atoms. The molecule has 0 unspecified atom stereocenters. The summed E-state index contributed by atoms with van der Waals surface area (Å²) in [6, 6.07) is 6.12. The van der Waals surface area contributed by atoms with Crippen LogP contribution in [0.5, 0.6) is 0 Å². The maximum absolute atomic E-state index is 13.2. The average Bonchev–Trinajstić information content (AvgIpc) is 2.61. The Morgan fingerprint density at radius 2 is 1.85 bits per heavy atom. The molecule has 0 radical (unpaired) electrons. The van der Waals surface area contributed by atoms with Crippen molar-refractivity contribution in [3.63, 3.8) is 0 Å². The van der Waals surface area contributed by atoms with E-state index in [1.54, 1.807) is 19.1 Å². The Balaban J connectivity index is 2.05. The molecular weight excluding hydrogens is 342 g/mol. The number of Topliss-reactive ketones (excluding diaryl/α,β-unsaturated/α-hetero) is 2. The summed E-state index contributed by atoms with van der Waals surface area (Å²) in [5, 5.41) is 9.10. The van der Waals surface area contributed by atoms with Gasteiger partial charge in [0, 0.05) is 17.5 Å². The van der Waals surface area contributed by atoms with Crippen molar-refractivity contribution >= 4 is 29.4 Å². The summed E-state index contributed by atoms with van der Waals surface area (Å²) in [4.78, 5) is 62.2. The zero-order chi connectivity index (χ0) is 19.1. The summed E-state index contributed by atoms with van der Waals surface area (Å²) in [6.07, 6.45) is -0.358. The number of carboxylic acids is 1. The third-order valence-electron chi connectivity index (χ3n) is 4.87. The van der Waals surface area contributed by atoms with Gasteiger partial charge in [0.05, 0.1) is 6.61 Å². The Morgan fingerprint density at radius 3 is 2.46 bits per heavy atom. The van der Waals surface area contributed by atoms with Gasteiger partial charge in [0.1, 0.15) is 18.0 Å². The Morgan fingerprint density at radius 1 is 1.19 bits per heavy atom. The molecule has 8 nitrogen and oxygen atoms in total. The first kappa shape index (κ1) is 17.8. The second-order valence-corrected chi connectivity index (χ2v) is 6.22. The molecule has 136 valence electrons. The number of benzene rings is 1. The molecule has 1 aromatic carbocycles. The zero-order valence-electron chi connectivity index (χ0n) is 14.1. The SMILES string of the molecule is CCOC(=O)CC[C@@]12C(=O)c3ccccc3C(=O)[C@@H]1C(=O)N2CC(=O)O. The van der Waals surface area contributed by atoms with Gasteiger partial charge in [-0.25, -0.2) is 0 Å². The second kappa shape index (κ2) is 6.36. The summed E-state index contributed by atoms with van der Waals surface area (Å²) in [7, 11) is 0. The van der Waals surface area contributed by atoms with E-state index in [2.05, 4.69) is 0 Å². The fourth-order valence-electron chi connectivity index (χ4n) is 3.79. The highest BCUT2D eigenvalue weighted by Crippen LogP contribution is 2.49. The normalized spacial score (nSPS) is 23.8. The quantitative estimate of drug-likeness (QED) is 0.451. The van der Waals surface area contributed by atoms with Crippen LogP contribution >= 0.6 is 0 Å². The van der Waals surface area contributed by atoms with Crippen LogP contribution in [0.25, 0.3) is 0 Å². The molecule has 1 aliphatic heterocycles. The van der Waals surface area contributed by atoms with Crippen molar-refractivity contribution in [1.82, 2.24) is 4.90 Å². The zero-order valence-corrected chi connectivity index (χ0v) is 14.1. The number of hydrogen-bond acceptors (Lipinski definition) is 6. The van der Waals surface area contributed by atoms with E-state index < -0.39 is 47.4 Å². The number of fused-ring (bicyclic) bond motifs is 2.